The van der Waals surface area contributed by atoms with Crippen molar-refractivity contribution in [2.24, 2.45) is 5.73 Å². The summed E-state index contributed by atoms with van der Waals surface area (Å²) in [5.41, 5.74) is 7.73. The molecular weight excluding hydrogens is 378 g/mol. The molecule has 2 rings (SSSR count). The summed E-state index contributed by atoms with van der Waals surface area (Å²) in [5.74, 6) is 1.48. The molecule has 1 fully saturated rings. The Labute approximate surface area is 194 Å². The van der Waals surface area contributed by atoms with E-state index in [0.29, 0.717) is 12.2 Å². The molecule has 1 atom stereocenters. The monoisotopic (exact) mass is 404 g/mol. The van der Waals surface area contributed by atoms with Crippen LogP contribution in [0.25, 0.3) is 0 Å². The smallest absolute Gasteiger partial charge is 0.320 e. The van der Waals surface area contributed by atoms with Gasteiger partial charge in [-0.2, -0.15) is 7.06 Å². The summed E-state index contributed by atoms with van der Waals surface area (Å²) in [6.07, 6.45) is 0.297. The zero-order valence-electron chi connectivity index (χ0n) is 16.0. The Kier molecular flexibility index (Phi) is 10.3. The van der Waals surface area contributed by atoms with Gasteiger partial charge in [0.15, 0.2) is 0 Å². The van der Waals surface area contributed by atoms with Gasteiger partial charge in [0.05, 0.1) is 13.1 Å². The topological polar surface area (TPSA) is 66.6 Å². The average Bonchev–Trinajstić information content (AvgIpc) is 2.71. The molecule has 141 valence electrons. The van der Waals surface area contributed by atoms with Gasteiger partial charge in [-0.1, -0.05) is 38.4 Å². The average molecular weight is 402 g/mol. The van der Waals surface area contributed by atoms with E-state index in [-0.39, 0.29) is 45.4 Å². The van der Waals surface area contributed by atoms with Crippen molar-refractivity contribution in [1.29, 1.82) is 0 Å². The molecule has 0 spiro atoms. The van der Waals surface area contributed by atoms with Crippen LogP contribution in [-0.4, -0.2) is 127 Å². The first kappa shape index (κ1) is 25.8. The molecule has 1 heterocycles. The van der Waals surface area contributed by atoms with E-state index >= 15 is 0 Å². The summed E-state index contributed by atoms with van der Waals surface area (Å²) in [5, 5.41) is 8.98. The molecule has 0 aliphatic carbocycles. The van der Waals surface area contributed by atoms with Crippen LogP contribution in [0.2, 0.25) is 0 Å². The van der Waals surface area contributed by atoms with Gasteiger partial charge in [0, 0.05) is 48.1 Å². The first-order valence-electron chi connectivity index (χ1n) is 9.30. The van der Waals surface area contributed by atoms with Crippen molar-refractivity contribution in [2.45, 2.75) is 12.5 Å². The van der Waals surface area contributed by atoms with E-state index < -0.39 is 18.4 Å². The largest absolute Gasteiger partial charge is 0.480 e. The molecule has 30 heavy (non-hydrogen) atoms. The van der Waals surface area contributed by atoms with Crippen LogP contribution in [0.5, 0.6) is 0 Å². The second-order valence-electron chi connectivity index (χ2n) is 7.14. The number of carboxylic acid groups (broad SMARTS) is 1. The highest BCUT2D eigenvalue weighted by Gasteiger charge is 2.47. The number of benzene rings is 1. The molecule has 1 unspecified atom stereocenters. The van der Waals surface area contributed by atoms with Gasteiger partial charge in [-0.15, -0.1) is 6.39 Å². The second-order valence-corrected chi connectivity index (χ2v) is 9.57. The lowest BCUT2D eigenvalue weighted by Gasteiger charge is -2.38. The summed E-state index contributed by atoms with van der Waals surface area (Å²) in [7, 11) is 27.8. The number of carbonyl (C=O) groups is 1. The number of hydrogen-bond acceptors (Lipinski definition) is 3. The standard InChI is InChI=1S/C13H24B12N2O2S/c14-20-23(19)25(24(21(15)16)22(17)18)30-7-5-27(6-8-30)11-3-1-10(2-4-11)9-12(26)13(28)29/h1-4,12H,5-9,26H2,14-15H3,(H,28,29)/q-1. The summed E-state index contributed by atoms with van der Waals surface area (Å²) < 4.78 is 0. The van der Waals surface area contributed by atoms with Crippen LogP contribution in [0, 0.1) is 0 Å². The minimum absolute atomic E-state index is 0.0458. The van der Waals surface area contributed by atoms with Crippen molar-refractivity contribution >= 4 is 107 Å². The fourth-order valence-corrected chi connectivity index (χ4v) is 6.36. The summed E-state index contributed by atoms with van der Waals surface area (Å²) in [6, 6.07) is 7.19. The van der Waals surface area contributed by atoms with E-state index in [4.69, 9.17) is 41.8 Å². The third-order valence-electron chi connectivity index (χ3n) is 5.13. The summed E-state index contributed by atoms with van der Waals surface area (Å²) >= 11 is 0. The SMILES string of the molecule is [B]B([B])B(B([B])[BH3-])B(B([B])[B][BH3-])[S+]1CCN(c2ccc(CC(N)C(=O)O)cc2)CC1. The van der Waals surface area contributed by atoms with E-state index in [2.05, 4.69) is 24.1 Å². The molecule has 1 aliphatic heterocycles. The number of hydrogen-bond donors (Lipinski definition) is 2. The number of anilines is 1. The van der Waals surface area contributed by atoms with Crippen LogP contribution in [0.15, 0.2) is 24.3 Å². The minimum atomic E-state index is -0.976. The van der Waals surface area contributed by atoms with Gasteiger partial charge >= 0.3 is 5.97 Å². The number of carboxylic acids is 1. The molecule has 1 aliphatic rings. The van der Waals surface area contributed by atoms with Crippen LogP contribution in [0.1, 0.15) is 5.56 Å². The third-order valence-corrected chi connectivity index (χ3v) is 7.94. The van der Waals surface area contributed by atoms with E-state index in [1.54, 1.807) is 0 Å². The number of aliphatic carboxylic acids is 1. The zero-order chi connectivity index (χ0) is 22.4. The van der Waals surface area contributed by atoms with Crippen molar-refractivity contribution in [3.8, 4) is 0 Å². The van der Waals surface area contributed by atoms with Crippen molar-refractivity contribution in [3.63, 3.8) is 0 Å². The van der Waals surface area contributed by atoms with E-state index in [9.17, 15) is 4.79 Å². The maximum atomic E-state index is 10.9. The normalized spacial score (nSPS) is 15.2. The molecule has 0 amide bonds. The number of nitrogens with zero attached hydrogens (tertiary/aromatic N) is 1. The molecule has 1 aromatic carbocycles. The molecule has 1 saturated heterocycles. The Bertz CT molecular complexity index is 671. The van der Waals surface area contributed by atoms with Gasteiger partial charge in [-0.3, -0.25) is 4.79 Å². The maximum Gasteiger partial charge on any atom is 0.320 e. The van der Waals surface area contributed by atoms with Crippen molar-refractivity contribution in [3.05, 3.63) is 29.8 Å². The fourth-order valence-electron chi connectivity index (χ4n) is 3.54. The van der Waals surface area contributed by atoms with Crippen LogP contribution in [-0.2, 0) is 22.0 Å². The summed E-state index contributed by atoms with van der Waals surface area (Å²) in [6.45, 7) is 1.93. The highest BCUT2D eigenvalue weighted by atomic mass is 32.2. The molecule has 0 saturated carbocycles. The molecule has 17 heteroatoms. The van der Waals surface area contributed by atoms with Gasteiger partial charge in [0.2, 0.25) is 0 Å². The first-order chi connectivity index (χ1) is 14.1. The van der Waals surface area contributed by atoms with E-state index in [1.807, 2.05) is 12.1 Å². The predicted molar refractivity (Wildman–Crippen MR) is 152 cm³/mol. The van der Waals surface area contributed by atoms with Gasteiger partial charge in [-0.05, 0) is 31.9 Å². The van der Waals surface area contributed by atoms with Crippen LogP contribution in [0.3, 0.4) is 0 Å². The van der Waals surface area contributed by atoms with Crippen LogP contribution < -0.4 is 10.6 Å². The predicted octanol–water partition coefficient (Wildman–Crippen LogP) is -5.63. The zero-order valence-corrected chi connectivity index (χ0v) is 16.8. The van der Waals surface area contributed by atoms with Gasteiger partial charge < -0.3 is 15.7 Å². The lowest BCUT2D eigenvalue weighted by molar-refractivity contribution is -0.138. The molecule has 1 aromatic rings. The lowest BCUT2D eigenvalue weighted by Crippen LogP contribution is -2.72. The Morgan fingerprint density at radius 3 is 2.23 bits per heavy atom. The maximum absolute atomic E-state index is 10.9. The highest BCUT2D eigenvalue weighted by molar-refractivity contribution is 8.41. The highest BCUT2D eigenvalue weighted by Crippen LogP contribution is 2.21. The van der Waals surface area contributed by atoms with Crippen molar-refractivity contribution in [2.75, 3.05) is 29.5 Å². The second kappa shape index (κ2) is 12.0. The van der Waals surface area contributed by atoms with E-state index in [1.165, 1.54) is 0 Å². The Balaban J connectivity index is 2.04. The first-order valence-corrected chi connectivity index (χ1v) is 10.9. The molecule has 4 nitrogen and oxygen atoms in total. The van der Waals surface area contributed by atoms with Crippen molar-refractivity contribution < 1.29 is 9.90 Å². The van der Waals surface area contributed by atoms with Gasteiger partial charge in [0.1, 0.15) is 17.5 Å². The van der Waals surface area contributed by atoms with Crippen LogP contribution >= 0.6 is 0 Å². The summed E-state index contributed by atoms with van der Waals surface area (Å²) in [4.78, 5) is 13.3. The molecule has 0 aromatic heterocycles. The molecule has 9 radical (unpaired) electrons. The Hall–Kier alpha value is -0.421. The van der Waals surface area contributed by atoms with Crippen LogP contribution in [0.4, 0.5) is 5.69 Å². The van der Waals surface area contributed by atoms with E-state index in [0.717, 1.165) is 35.8 Å². The van der Waals surface area contributed by atoms with Crippen molar-refractivity contribution in [1.82, 2.24) is 0 Å². The Morgan fingerprint density at radius 1 is 1.23 bits per heavy atom. The lowest BCUT2D eigenvalue weighted by atomic mass is 8.58. The quantitative estimate of drug-likeness (QED) is 0.303. The molecule has 3 N–H and O–H groups in total. The third kappa shape index (κ3) is 6.79. The fraction of sp³-hybridized carbons (Fsp3) is 0.462. The Morgan fingerprint density at radius 2 is 1.80 bits per heavy atom. The molecular formula is C13H24B12N2O2S-. The number of rotatable bonds is 10. The minimum Gasteiger partial charge on any atom is -0.480 e. The van der Waals surface area contributed by atoms with Gasteiger partial charge in [-0.25, -0.2) is 0 Å². The molecule has 0 bridgehead atoms. The van der Waals surface area contributed by atoms with Gasteiger partial charge in [0.25, 0.3) is 5.77 Å². The number of nitrogens with two attached hydrogens (primary N) is 1.